The number of rotatable bonds is 8. The molecular formula is C21H19ClN4OS2. The van der Waals surface area contributed by atoms with Gasteiger partial charge in [0.15, 0.2) is 11.0 Å². The minimum Gasteiger partial charge on any atom is -0.469 e. The van der Waals surface area contributed by atoms with E-state index in [2.05, 4.69) is 26.7 Å². The molecule has 0 amide bonds. The van der Waals surface area contributed by atoms with Crippen molar-refractivity contribution in [1.82, 2.24) is 19.7 Å². The summed E-state index contributed by atoms with van der Waals surface area (Å²) in [4.78, 5) is 4.76. The molecule has 0 aliphatic heterocycles. The molecule has 0 aliphatic carbocycles. The van der Waals surface area contributed by atoms with E-state index < -0.39 is 0 Å². The van der Waals surface area contributed by atoms with Crippen LogP contribution in [0.2, 0.25) is 5.02 Å². The highest BCUT2D eigenvalue weighted by Gasteiger charge is 2.17. The molecule has 0 N–H and O–H groups in total. The van der Waals surface area contributed by atoms with Crippen LogP contribution in [-0.2, 0) is 18.7 Å². The van der Waals surface area contributed by atoms with E-state index in [9.17, 15) is 0 Å². The van der Waals surface area contributed by atoms with Gasteiger partial charge in [-0.3, -0.25) is 4.57 Å². The van der Waals surface area contributed by atoms with Gasteiger partial charge in [-0.2, -0.15) is 0 Å². The topological polar surface area (TPSA) is 56.7 Å². The van der Waals surface area contributed by atoms with Gasteiger partial charge < -0.3 is 4.42 Å². The lowest BCUT2D eigenvalue weighted by Gasteiger charge is -2.06. The molecule has 29 heavy (non-hydrogen) atoms. The molecule has 0 bridgehead atoms. The van der Waals surface area contributed by atoms with Crippen LogP contribution in [0.5, 0.6) is 0 Å². The molecule has 0 fully saturated rings. The van der Waals surface area contributed by atoms with Crippen molar-refractivity contribution in [3.8, 4) is 11.4 Å². The molecule has 4 rings (SSSR count). The van der Waals surface area contributed by atoms with Gasteiger partial charge in [-0.25, -0.2) is 4.98 Å². The van der Waals surface area contributed by atoms with Crippen LogP contribution in [-0.4, -0.2) is 19.7 Å². The van der Waals surface area contributed by atoms with Gasteiger partial charge in [-0.1, -0.05) is 41.6 Å². The number of thiazole rings is 1. The van der Waals surface area contributed by atoms with Crippen LogP contribution in [0, 0.1) is 6.92 Å². The summed E-state index contributed by atoms with van der Waals surface area (Å²) < 4.78 is 7.47. The zero-order valence-electron chi connectivity index (χ0n) is 15.8. The van der Waals surface area contributed by atoms with E-state index in [1.807, 2.05) is 43.3 Å². The molecule has 0 radical (unpaired) electrons. The van der Waals surface area contributed by atoms with Crippen molar-refractivity contribution >= 4 is 34.7 Å². The van der Waals surface area contributed by atoms with Gasteiger partial charge in [-0.15, -0.1) is 28.1 Å². The highest BCUT2D eigenvalue weighted by Crippen LogP contribution is 2.29. The van der Waals surface area contributed by atoms with Gasteiger partial charge in [0.2, 0.25) is 0 Å². The Balaban J connectivity index is 1.46. The van der Waals surface area contributed by atoms with Crippen LogP contribution < -0.4 is 0 Å². The van der Waals surface area contributed by atoms with E-state index in [0.717, 1.165) is 50.2 Å². The third-order valence-corrected chi connectivity index (χ3v) is 6.50. The van der Waals surface area contributed by atoms with Crippen molar-refractivity contribution in [3.05, 3.63) is 81.7 Å². The highest BCUT2D eigenvalue weighted by molar-refractivity contribution is 7.98. The predicted molar refractivity (Wildman–Crippen MR) is 119 cm³/mol. The largest absolute Gasteiger partial charge is 0.469 e. The van der Waals surface area contributed by atoms with E-state index in [4.69, 9.17) is 21.0 Å². The fraction of sp³-hybridized carbons (Fsp3) is 0.190. The second-order valence-electron chi connectivity index (χ2n) is 6.42. The average Bonchev–Trinajstić information content (AvgIpc) is 3.43. The minimum absolute atomic E-state index is 0.633. The summed E-state index contributed by atoms with van der Waals surface area (Å²) in [6.45, 7) is 6.42. The number of furan rings is 1. The number of allylic oxidation sites excluding steroid dienone is 1. The summed E-state index contributed by atoms with van der Waals surface area (Å²) in [6.07, 6.45) is 4.32. The van der Waals surface area contributed by atoms with E-state index in [1.54, 1.807) is 29.4 Å². The first-order valence-corrected chi connectivity index (χ1v) is 11.3. The molecule has 0 aliphatic rings. The molecule has 1 aromatic carbocycles. The molecule has 5 nitrogen and oxygen atoms in total. The number of nitrogens with zero attached hydrogens (tertiary/aromatic N) is 4. The number of aryl methyl sites for hydroxylation is 1. The first-order chi connectivity index (χ1) is 14.1. The van der Waals surface area contributed by atoms with E-state index in [-0.39, 0.29) is 0 Å². The van der Waals surface area contributed by atoms with E-state index in [0.29, 0.717) is 6.54 Å². The monoisotopic (exact) mass is 442 g/mol. The molecule has 0 unspecified atom stereocenters. The number of aromatic nitrogens is 4. The van der Waals surface area contributed by atoms with E-state index >= 15 is 0 Å². The summed E-state index contributed by atoms with van der Waals surface area (Å²) >= 11 is 9.25. The van der Waals surface area contributed by atoms with Crippen molar-refractivity contribution in [3.63, 3.8) is 0 Å². The maximum absolute atomic E-state index is 5.96. The van der Waals surface area contributed by atoms with Crippen LogP contribution in [0.4, 0.5) is 0 Å². The number of hydrogen-bond donors (Lipinski definition) is 0. The third kappa shape index (κ3) is 4.63. The molecule has 0 saturated heterocycles. The quantitative estimate of drug-likeness (QED) is 0.246. The molecule has 148 valence electrons. The Morgan fingerprint density at radius 2 is 2.07 bits per heavy atom. The number of halogens is 1. The molecular weight excluding hydrogens is 424 g/mol. The molecule has 0 saturated carbocycles. The molecule has 4 aromatic rings. The summed E-state index contributed by atoms with van der Waals surface area (Å²) in [5.74, 6) is 2.35. The van der Waals surface area contributed by atoms with Crippen molar-refractivity contribution in [2.24, 2.45) is 0 Å². The van der Waals surface area contributed by atoms with Crippen molar-refractivity contribution in [2.45, 2.75) is 30.8 Å². The van der Waals surface area contributed by atoms with Gasteiger partial charge in [0.25, 0.3) is 0 Å². The van der Waals surface area contributed by atoms with Crippen molar-refractivity contribution < 1.29 is 4.42 Å². The molecule has 3 heterocycles. The van der Waals surface area contributed by atoms with Crippen LogP contribution >= 0.6 is 34.7 Å². The van der Waals surface area contributed by atoms with Crippen molar-refractivity contribution in [2.75, 3.05) is 0 Å². The normalized spacial score (nSPS) is 11.1. The van der Waals surface area contributed by atoms with Gasteiger partial charge in [0.1, 0.15) is 5.76 Å². The SMILES string of the molecule is C=CCn1c(SCc2csc(Cc3ccc(Cl)cc3)n2)nnc1-c1ccoc1C. The molecule has 0 spiro atoms. The Bertz CT molecular complexity index is 1110. The van der Waals surface area contributed by atoms with E-state index in [1.165, 1.54) is 5.56 Å². The minimum atomic E-state index is 0.633. The molecule has 0 atom stereocenters. The summed E-state index contributed by atoms with van der Waals surface area (Å²) in [5.41, 5.74) is 3.19. The Labute approximate surface area is 182 Å². The fourth-order valence-corrected chi connectivity index (χ4v) is 4.82. The number of benzene rings is 1. The van der Waals surface area contributed by atoms with Gasteiger partial charge in [0.05, 0.1) is 22.5 Å². The van der Waals surface area contributed by atoms with Crippen LogP contribution in [0.1, 0.15) is 22.0 Å². The lowest BCUT2D eigenvalue weighted by atomic mass is 10.2. The third-order valence-electron chi connectivity index (χ3n) is 4.35. The lowest BCUT2D eigenvalue weighted by Crippen LogP contribution is -2.01. The Kier molecular flexibility index (Phi) is 6.18. The second-order valence-corrected chi connectivity index (χ2v) is 8.74. The van der Waals surface area contributed by atoms with Crippen LogP contribution in [0.25, 0.3) is 11.4 Å². The number of thioether (sulfide) groups is 1. The van der Waals surface area contributed by atoms with Gasteiger partial charge in [0, 0.05) is 29.1 Å². The standard InChI is InChI=1S/C21H19ClN4OS2/c1-3-9-26-20(18-8-10-27-14(18)2)24-25-21(26)29-13-17-12-28-19(23-17)11-15-4-6-16(22)7-5-15/h3-8,10,12H,1,9,11,13H2,2H3. The Morgan fingerprint density at radius 1 is 1.24 bits per heavy atom. The lowest BCUT2D eigenvalue weighted by molar-refractivity contribution is 0.534. The number of hydrogen-bond acceptors (Lipinski definition) is 6. The predicted octanol–water partition coefficient (Wildman–Crippen LogP) is 6.03. The second kappa shape index (κ2) is 8.98. The molecule has 3 aromatic heterocycles. The summed E-state index contributed by atoms with van der Waals surface area (Å²) in [7, 11) is 0. The smallest absolute Gasteiger partial charge is 0.192 e. The molecule has 8 heteroatoms. The summed E-state index contributed by atoms with van der Waals surface area (Å²) in [6, 6.07) is 9.81. The Morgan fingerprint density at radius 3 is 2.79 bits per heavy atom. The zero-order chi connectivity index (χ0) is 20.2. The van der Waals surface area contributed by atoms with Crippen LogP contribution in [0.15, 0.2) is 64.2 Å². The highest BCUT2D eigenvalue weighted by atomic mass is 35.5. The first kappa shape index (κ1) is 19.9. The Hall–Kier alpha value is -2.35. The maximum atomic E-state index is 5.96. The van der Waals surface area contributed by atoms with Crippen molar-refractivity contribution in [1.29, 1.82) is 0 Å². The van der Waals surface area contributed by atoms with Gasteiger partial charge in [-0.05, 0) is 30.7 Å². The summed E-state index contributed by atoms with van der Waals surface area (Å²) in [5, 5.41) is 13.5. The van der Waals surface area contributed by atoms with Gasteiger partial charge >= 0.3 is 0 Å². The fourth-order valence-electron chi connectivity index (χ4n) is 2.92. The average molecular weight is 443 g/mol. The zero-order valence-corrected chi connectivity index (χ0v) is 18.2. The first-order valence-electron chi connectivity index (χ1n) is 9.03. The van der Waals surface area contributed by atoms with Crippen LogP contribution in [0.3, 0.4) is 0 Å². The maximum Gasteiger partial charge on any atom is 0.192 e.